The predicted molar refractivity (Wildman–Crippen MR) is 122 cm³/mol. The maximum Gasteiger partial charge on any atom is 0.146 e. The second-order valence-corrected chi connectivity index (χ2v) is 10.1. The van der Waals surface area contributed by atoms with Crippen molar-refractivity contribution in [2.24, 2.45) is 5.92 Å². The van der Waals surface area contributed by atoms with Crippen LogP contribution >= 0.6 is 22.7 Å². The first-order valence-electron chi connectivity index (χ1n) is 10.6. The van der Waals surface area contributed by atoms with E-state index in [9.17, 15) is 0 Å². The largest absolute Gasteiger partial charge is 0.379 e. The van der Waals surface area contributed by atoms with Crippen LogP contribution in [0.4, 0.5) is 5.82 Å². The molecule has 29 heavy (non-hydrogen) atoms. The van der Waals surface area contributed by atoms with Crippen LogP contribution in [0, 0.1) is 5.92 Å². The van der Waals surface area contributed by atoms with E-state index in [2.05, 4.69) is 46.5 Å². The van der Waals surface area contributed by atoms with Crippen LogP contribution in [0.25, 0.3) is 20.7 Å². The highest BCUT2D eigenvalue weighted by molar-refractivity contribution is 7.18. The molecule has 154 valence electrons. The molecule has 0 amide bonds. The third-order valence-electron chi connectivity index (χ3n) is 6.06. The number of fused-ring (bicyclic) bond motifs is 1. The molecule has 0 radical (unpaired) electrons. The molecular weight excluding hydrogens is 400 g/mol. The Bertz CT molecular complexity index is 963. The van der Waals surface area contributed by atoms with E-state index in [1.54, 1.807) is 22.7 Å². The van der Waals surface area contributed by atoms with Crippen molar-refractivity contribution in [2.75, 3.05) is 37.7 Å². The average Bonchev–Trinajstić information content (AvgIpc) is 3.47. The Kier molecular flexibility index (Phi) is 5.56. The lowest BCUT2D eigenvalue weighted by Gasteiger charge is -2.30. The van der Waals surface area contributed by atoms with Gasteiger partial charge in [0, 0.05) is 41.5 Å². The summed E-state index contributed by atoms with van der Waals surface area (Å²) in [5, 5.41) is 5.67. The van der Waals surface area contributed by atoms with Gasteiger partial charge in [-0.05, 0) is 30.2 Å². The lowest BCUT2D eigenvalue weighted by molar-refractivity contribution is 0.0331. The van der Waals surface area contributed by atoms with Gasteiger partial charge in [-0.2, -0.15) is 0 Å². The van der Waals surface area contributed by atoms with E-state index in [1.807, 2.05) is 0 Å². The Labute approximate surface area is 180 Å². The summed E-state index contributed by atoms with van der Waals surface area (Å²) >= 11 is 3.55. The minimum absolute atomic E-state index is 0.556. The smallest absolute Gasteiger partial charge is 0.146 e. The Morgan fingerprint density at radius 1 is 1.17 bits per heavy atom. The molecule has 2 saturated heterocycles. The molecule has 1 atom stereocenters. The number of nitrogens with zero attached hydrogens (tertiary/aromatic N) is 4. The van der Waals surface area contributed by atoms with Gasteiger partial charge in [0.15, 0.2) is 0 Å². The first kappa shape index (κ1) is 19.4. The monoisotopic (exact) mass is 428 g/mol. The molecule has 2 aliphatic heterocycles. The Balaban J connectivity index is 1.60. The van der Waals surface area contributed by atoms with Crippen LogP contribution in [-0.2, 0) is 11.3 Å². The Morgan fingerprint density at radius 2 is 2.03 bits per heavy atom. The highest BCUT2D eigenvalue weighted by Gasteiger charge is 2.31. The van der Waals surface area contributed by atoms with Gasteiger partial charge >= 0.3 is 0 Å². The fraction of sp³-hybridized carbons (Fsp3) is 0.545. The SMILES string of the molecule is CC(C)C1CCCN1c1nc(CN2CCOCC2)nc2scc(-c3cccs3)c12. The molecule has 0 spiro atoms. The minimum Gasteiger partial charge on any atom is -0.379 e. The minimum atomic E-state index is 0.556. The quantitative estimate of drug-likeness (QED) is 0.579. The van der Waals surface area contributed by atoms with Gasteiger partial charge in [-0.25, -0.2) is 9.97 Å². The van der Waals surface area contributed by atoms with E-state index in [0.717, 1.165) is 55.9 Å². The van der Waals surface area contributed by atoms with Gasteiger partial charge in [0.2, 0.25) is 0 Å². The van der Waals surface area contributed by atoms with Gasteiger partial charge in [0.1, 0.15) is 16.5 Å². The van der Waals surface area contributed by atoms with Crippen molar-refractivity contribution in [2.45, 2.75) is 39.3 Å². The summed E-state index contributed by atoms with van der Waals surface area (Å²) in [4.78, 5) is 17.6. The highest BCUT2D eigenvalue weighted by Crippen LogP contribution is 2.42. The number of hydrogen-bond donors (Lipinski definition) is 0. The van der Waals surface area contributed by atoms with E-state index >= 15 is 0 Å². The second-order valence-electron chi connectivity index (χ2n) is 8.31. The number of aromatic nitrogens is 2. The highest BCUT2D eigenvalue weighted by atomic mass is 32.1. The summed E-state index contributed by atoms with van der Waals surface area (Å²) in [6, 6.07) is 4.89. The van der Waals surface area contributed by atoms with Crippen molar-refractivity contribution < 1.29 is 4.74 Å². The molecule has 2 fully saturated rings. The van der Waals surface area contributed by atoms with E-state index in [1.165, 1.54) is 28.7 Å². The van der Waals surface area contributed by atoms with Gasteiger partial charge in [-0.1, -0.05) is 19.9 Å². The van der Waals surface area contributed by atoms with E-state index in [4.69, 9.17) is 14.7 Å². The van der Waals surface area contributed by atoms with E-state index in [-0.39, 0.29) is 0 Å². The molecule has 0 saturated carbocycles. The zero-order valence-corrected chi connectivity index (χ0v) is 18.8. The molecule has 0 aromatic carbocycles. The number of rotatable bonds is 5. The Morgan fingerprint density at radius 3 is 2.79 bits per heavy atom. The van der Waals surface area contributed by atoms with Gasteiger partial charge < -0.3 is 9.64 Å². The maximum absolute atomic E-state index is 5.51. The van der Waals surface area contributed by atoms with Gasteiger partial charge in [0.25, 0.3) is 0 Å². The summed E-state index contributed by atoms with van der Waals surface area (Å²) in [6.07, 6.45) is 2.49. The maximum atomic E-state index is 5.51. The fourth-order valence-electron chi connectivity index (χ4n) is 4.57. The summed E-state index contributed by atoms with van der Waals surface area (Å²) in [5.74, 6) is 2.72. The zero-order valence-electron chi connectivity index (χ0n) is 17.1. The number of ether oxygens (including phenoxy) is 1. The standard InChI is InChI=1S/C22H28N4OS2/c1-15(2)17-5-3-7-26(17)21-20-16(18-6-4-12-28-18)14-29-22(20)24-19(23-21)13-25-8-10-27-11-9-25/h4,6,12,14-15,17H,3,5,7-11,13H2,1-2H3. The number of hydrogen-bond acceptors (Lipinski definition) is 7. The summed E-state index contributed by atoms with van der Waals surface area (Å²) in [6.45, 7) is 10.1. The summed E-state index contributed by atoms with van der Waals surface area (Å²) in [5.41, 5.74) is 1.29. The molecular formula is C22H28N4OS2. The molecule has 5 rings (SSSR count). The van der Waals surface area contributed by atoms with Gasteiger partial charge in [-0.3, -0.25) is 4.90 Å². The van der Waals surface area contributed by atoms with Gasteiger partial charge in [0.05, 0.1) is 25.1 Å². The topological polar surface area (TPSA) is 41.5 Å². The average molecular weight is 429 g/mol. The molecule has 5 nitrogen and oxygen atoms in total. The van der Waals surface area contributed by atoms with Crippen LogP contribution in [0.3, 0.4) is 0 Å². The van der Waals surface area contributed by atoms with E-state index < -0.39 is 0 Å². The second kappa shape index (κ2) is 8.30. The van der Waals surface area contributed by atoms with Crippen molar-refractivity contribution in [3.05, 3.63) is 28.7 Å². The number of morpholine rings is 1. The van der Waals surface area contributed by atoms with Gasteiger partial charge in [-0.15, -0.1) is 22.7 Å². The Hall–Kier alpha value is -1.54. The molecule has 0 bridgehead atoms. The molecule has 5 heterocycles. The van der Waals surface area contributed by atoms with Crippen LogP contribution < -0.4 is 4.90 Å². The van der Waals surface area contributed by atoms with Crippen molar-refractivity contribution in [3.63, 3.8) is 0 Å². The van der Waals surface area contributed by atoms with Crippen molar-refractivity contribution >= 4 is 38.7 Å². The van der Waals surface area contributed by atoms with Crippen LogP contribution in [0.15, 0.2) is 22.9 Å². The van der Waals surface area contributed by atoms with Crippen molar-refractivity contribution in [1.82, 2.24) is 14.9 Å². The molecule has 3 aromatic heterocycles. The zero-order chi connectivity index (χ0) is 19.8. The molecule has 7 heteroatoms. The molecule has 2 aliphatic rings. The first-order chi connectivity index (χ1) is 14.2. The molecule has 0 N–H and O–H groups in total. The summed E-state index contributed by atoms with van der Waals surface area (Å²) in [7, 11) is 0. The first-order valence-corrected chi connectivity index (χ1v) is 12.4. The molecule has 3 aromatic rings. The normalized spacial score (nSPS) is 20.9. The van der Waals surface area contributed by atoms with Crippen molar-refractivity contribution in [1.29, 1.82) is 0 Å². The third kappa shape index (κ3) is 3.81. The van der Waals surface area contributed by atoms with Crippen molar-refractivity contribution in [3.8, 4) is 10.4 Å². The lowest BCUT2D eigenvalue weighted by Crippen LogP contribution is -2.37. The van der Waals surface area contributed by atoms with E-state index in [0.29, 0.717) is 12.0 Å². The fourth-order valence-corrected chi connectivity index (χ4v) is 6.34. The van der Waals surface area contributed by atoms with Crippen LogP contribution in [-0.4, -0.2) is 53.8 Å². The number of anilines is 1. The number of thiophene rings is 2. The lowest BCUT2D eigenvalue weighted by atomic mass is 10.0. The molecule has 0 aliphatic carbocycles. The predicted octanol–water partition coefficient (Wildman–Crippen LogP) is 4.88. The van der Waals surface area contributed by atoms with Crippen LogP contribution in [0.1, 0.15) is 32.5 Å². The molecule has 1 unspecified atom stereocenters. The van der Waals surface area contributed by atoms with Crippen LogP contribution in [0.5, 0.6) is 0 Å². The van der Waals surface area contributed by atoms with Crippen LogP contribution in [0.2, 0.25) is 0 Å². The third-order valence-corrected chi connectivity index (χ3v) is 7.83. The summed E-state index contributed by atoms with van der Waals surface area (Å²) < 4.78 is 5.51.